The Balaban J connectivity index is 2.19. The first-order valence-electron chi connectivity index (χ1n) is 6.73. The first-order valence-corrected chi connectivity index (χ1v) is 6.73. The van der Waals surface area contributed by atoms with Gasteiger partial charge in [0.05, 0.1) is 11.9 Å². The summed E-state index contributed by atoms with van der Waals surface area (Å²) in [6.45, 7) is 4.63. The van der Waals surface area contributed by atoms with E-state index in [1.807, 2.05) is 6.92 Å². The normalized spacial score (nSPS) is 10.2. The number of rotatable bonds is 5. The topological polar surface area (TPSA) is 66.9 Å². The zero-order chi connectivity index (χ0) is 15.2. The molecule has 0 saturated carbocycles. The van der Waals surface area contributed by atoms with E-state index >= 15 is 0 Å². The summed E-state index contributed by atoms with van der Waals surface area (Å²) in [5.74, 6) is -0.316. The molecule has 2 heterocycles. The molecule has 0 bridgehead atoms. The van der Waals surface area contributed by atoms with Crippen LogP contribution in [0.4, 0.5) is 15.9 Å². The number of carbonyl (C=O) groups is 1. The first-order chi connectivity index (χ1) is 10.1. The average molecular weight is 288 g/mol. The van der Waals surface area contributed by atoms with Gasteiger partial charge >= 0.3 is 0 Å². The van der Waals surface area contributed by atoms with Crippen LogP contribution in [0.2, 0.25) is 0 Å². The highest BCUT2D eigenvalue weighted by Gasteiger charge is 2.11. The number of aromatic nitrogens is 2. The van der Waals surface area contributed by atoms with Crippen LogP contribution in [0.25, 0.3) is 0 Å². The number of carbonyl (C=O) groups excluding carboxylic acids is 1. The Morgan fingerprint density at radius 2 is 2.19 bits per heavy atom. The zero-order valence-corrected chi connectivity index (χ0v) is 12.0. The number of halogens is 1. The van der Waals surface area contributed by atoms with Crippen molar-refractivity contribution < 1.29 is 9.18 Å². The van der Waals surface area contributed by atoms with E-state index in [1.54, 1.807) is 19.1 Å². The van der Waals surface area contributed by atoms with Crippen LogP contribution in [0.5, 0.6) is 0 Å². The number of nitrogens with zero attached hydrogens (tertiary/aromatic N) is 2. The Kier molecular flexibility index (Phi) is 4.81. The van der Waals surface area contributed by atoms with Crippen molar-refractivity contribution in [3.8, 4) is 0 Å². The summed E-state index contributed by atoms with van der Waals surface area (Å²) in [7, 11) is 0. The summed E-state index contributed by atoms with van der Waals surface area (Å²) in [4.78, 5) is 20.1. The number of hydrogen-bond donors (Lipinski definition) is 2. The summed E-state index contributed by atoms with van der Waals surface area (Å²) in [5.41, 5.74) is 1.25. The summed E-state index contributed by atoms with van der Waals surface area (Å²) in [6.07, 6.45) is 3.44. The minimum absolute atomic E-state index is 0.104. The summed E-state index contributed by atoms with van der Waals surface area (Å²) in [6, 6.07) is 4.72. The van der Waals surface area contributed by atoms with Gasteiger partial charge in [0, 0.05) is 24.0 Å². The van der Waals surface area contributed by atoms with E-state index in [4.69, 9.17) is 0 Å². The highest BCUT2D eigenvalue weighted by Crippen LogP contribution is 2.15. The van der Waals surface area contributed by atoms with Gasteiger partial charge in [0.25, 0.3) is 5.91 Å². The van der Waals surface area contributed by atoms with Crippen molar-refractivity contribution in [1.82, 2.24) is 9.97 Å². The van der Waals surface area contributed by atoms with Crippen molar-refractivity contribution in [1.29, 1.82) is 0 Å². The van der Waals surface area contributed by atoms with E-state index in [2.05, 4.69) is 20.6 Å². The van der Waals surface area contributed by atoms with Gasteiger partial charge in [-0.3, -0.25) is 9.78 Å². The lowest BCUT2D eigenvalue weighted by Gasteiger charge is -2.09. The average Bonchev–Trinajstić information content (AvgIpc) is 2.47. The molecule has 2 N–H and O–H groups in total. The molecule has 0 aliphatic carbocycles. The van der Waals surface area contributed by atoms with Gasteiger partial charge in [-0.05, 0) is 31.5 Å². The van der Waals surface area contributed by atoms with E-state index in [0.717, 1.165) is 24.9 Å². The van der Waals surface area contributed by atoms with Crippen LogP contribution in [0, 0.1) is 12.7 Å². The van der Waals surface area contributed by atoms with E-state index < -0.39 is 5.82 Å². The molecular formula is C15H17FN4O. The molecule has 21 heavy (non-hydrogen) atoms. The van der Waals surface area contributed by atoms with Gasteiger partial charge in [-0.2, -0.15) is 0 Å². The monoisotopic (exact) mass is 288 g/mol. The largest absolute Gasteiger partial charge is 0.370 e. The molecule has 0 fully saturated rings. The van der Waals surface area contributed by atoms with Crippen molar-refractivity contribution in [2.75, 3.05) is 17.2 Å². The van der Waals surface area contributed by atoms with Crippen LogP contribution in [0.1, 0.15) is 29.4 Å². The highest BCUT2D eigenvalue weighted by atomic mass is 19.1. The van der Waals surface area contributed by atoms with E-state index in [9.17, 15) is 9.18 Å². The lowest BCUT2D eigenvalue weighted by atomic mass is 10.2. The van der Waals surface area contributed by atoms with E-state index in [0.29, 0.717) is 11.4 Å². The SMILES string of the molecule is CCCNc1cc(C(=O)Nc2ccncc2F)cc(C)n1. The Hall–Kier alpha value is -2.50. The Labute approximate surface area is 122 Å². The van der Waals surface area contributed by atoms with Crippen LogP contribution >= 0.6 is 0 Å². The van der Waals surface area contributed by atoms with Gasteiger partial charge in [0.2, 0.25) is 0 Å². The summed E-state index contributed by atoms with van der Waals surface area (Å²) < 4.78 is 13.5. The minimum atomic E-state index is -0.569. The molecule has 0 atom stereocenters. The van der Waals surface area contributed by atoms with Crippen LogP contribution in [-0.4, -0.2) is 22.4 Å². The van der Waals surface area contributed by atoms with Crippen LogP contribution < -0.4 is 10.6 Å². The molecule has 2 aromatic rings. The molecular weight excluding hydrogens is 271 g/mol. The van der Waals surface area contributed by atoms with Gasteiger partial charge < -0.3 is 10.6 Å². The molecule has 0 aliphatic rings. The standard InChI is InChI=1S/C15H17FN4O/c1-3-5-18-14-8-11(7-10(2)19-14)15(21)20-13-4-6-17-9-12(13)16/h4,6-9H,3,5H2,1-2H3,(H,18,19)(H,17,20,21). The number of hydrogen-bond acceptors (Lipinski definition) is 4. The molecule has 6 heteroatoms. The van der Waals surface area contributed by atoms with Gasteiger partial charge in [-0.1, -0.05) is 6.92 Å². The smallest absolute Gasteiger partial charge is 0.255 e. The third kappa shape index (κ3) is 3.98. The predicted octanol–water partition coefficient (Wildman–Crippen LogP) is 3.00. The van der Waals surface area contributed by atoms with Crippen molar-refractivity contribution in [2.24, 2.45) is 0 Å². The van der Waals surface area contributed by atoms with Crippen molar-refractivity contribution in [2.45, 2.75) is 20.3 Å². The number of pyridine rings is 2. The Morgan fingerprint density at radius 1 is 1.38 bits per heavy atom. The number of nitrogens with one attached hydrogen (secondary N) is 2. The van der Waals surface area contributed by atoms with Crippen LogP contribution in [-0.2, 0) is 0 Å². The fourth-order valence-corrected chi connectivity index (χ4v) is 1.81. The van der Waals surface area contributed by atoms with Gasteiger partial charge in [-0.15, -0.1) is 0 Å². The molecule has 110 valence electrons. The molecule has 0 saturated heterocycles. The Morgan fingerprint density at radius 3 is 2.90 bits per heavy atom. The van der Waals surface area contributed by atoms with Crippen molar-refractivity contribution in [3.63, 3.8) is 0 Å². The maximum absolute atomic E-state index is 13.5. The van der Waals surface area contributed by atoms with E-state index in [-0.39, 0.29) is 11.6 Å². The van der Waals surface area contributed by atoms with Gasteiger partial charge in [-0.25, -0.2) is 9.37 Å². The van der Waals surface area contributed by atoms with Gasteiger partial charge in [0.1, 0.15) is 5.82 Å². The minimum Gasteiger partial charge on any atom is -0.370 e. The second-order valence-corrected chi connectivity index (χ2v) is 4.62. The number of anilines is 2. The predicted molar refractivity (Wildman–Crippen MR) is 79.9 cm³/mol. The molecule has 2 aromatic heterocycles. The number of aryl methyl sites for hydroxylation is 1. The first kappa shape index (κ1) is 14.9. The second kappa shape index (κ2) is 6.78. The van der Waals surface area contributed by atoms with Crippen molar-refractivity contribution >= 4 is 17.4 Å². The highest BCUT2D eigenvalue weighted by molar-refractivity contribution is 6.04. The fourth-order valence-electron chi connectivity index (χ4n) is 1.81. The molecule has 0 radical (unpaired) electrons. The molecule has 2 rings (SSSR count). The lowest BCUT2D eigenvalue weighted by molar-refractivity contribution is 0.102. The van der Waals surface area contributed by atoms with E-state index in [1.165, 1.54) is 12.3 Å². The maximum atomic E-state index is 13.5. The van der Waals surface area contributed by atoms with Crippen LogP contribution in [0.15, 0.2) is 30.6 Å². The molecule has 5 nitrogen and oxygen atoms in total. The zero-order valence-electron chi connectivity index (χ0n) is 12.0. The molecule has 0 aliphatic heterocycles. The number of amides is 1. The fraction of sp³-hybridized carbons (Fsp3) is 0.267. The quantitative estimate of drug-likeness (QED) is 0.887. The summed E-state index contributed by atoms with van der Waals surface area (Å²) in [5, 5.41) is 5.66. The third-order valence-corrected chi connectivity index (χ3v) is 2.79. The molecule has 0 unspecified atom stereocenters. The molecule has 0 spiro atoms. The van der Waals surface area contributed by atoms with Crippen molar-refractivity contribution in [3.05, 3.63) is 47.7 Å². The second-order valence-electron chi connectivity index (χ2n) is 4.62. The molecule has 1 amide bonds. The molecule has 0 aromatic carbocycles. The lowest BCUT2D eigenvalue weighted by Crippen LogP contribution is -2.14. The van der Waals surface area contributed by atoms with Crippen LogP contribution in [0.3, 0.4) is 0 Å². The Bertz CT molecular complexity index is 645. The summed E-state index contributed by atoms with van der Waals surface area (Å²) >= 11 is 0. The third-order valence-electron chi connectivity index (χ3n) is 2.79. The van der Waals surface area contributed by atoms with Gasteiger partial charge in [0.15, 0.2) is 5.82 Å². The maximum Gasteiger partial charge on any atom is 0.255 e.